The van der Waals surface area contributed by atoms with Crippen molar-refractivity contribution in [3.63, 3.8) is 0 Å². The van der Waals surface area contributed by atoms with E-state index in [0.29, 0.717) is 42.9 Å². The van der Waals surface area contributed by atoms with E-state index in [4.69, 9.17) is 4.74 Å². The molecular formula is C23H18F3N5O3. The molecule has 174 valence electrons. The molecule has 1 aliphatic heterocycles. The largest absolute Gasteiger partial charge is 0.573 e. The zero-order valence-corrected chi connectivity index (χ0v) is 17.7. The summed E-state index contributed by atoms with van der Waals surface area (Å²) >= 11 is 0. The molecule has 0 unspecified atom stereocenters. The molecule has 0 spiro atoms. The van der Waals surface area contributed by atoms with E-state index in [1.165, 1.54) is 24.7 Å². The predicted octanol–water partition coefficient (Wildman–Crippen LogP) is 4.26. The van der Waals surface area contributed by atoms with Gasteiger partial charge in [0.15, 0.2) is 0 Å². The number of carbonyl (C=O) groups is 1. The Kier molecular flexibility index (Phi) is 6.43. The minimum absolute atomic E-state index is 0.193. The molecule has 2 aromatic heterocycles. The van der Waals surface area contributed by atoms with E-state index in [1.807, 2.05) is 0 Å². The number of amides is 1. The van der Waals surface area contributed by atoms with E-state index in [0.717, 1.165) is 12.1 Å². The first-order valence-corrected chi connectivity index (χ1v) is 10.2. The van der Waals surface area contributed by atoms with Gasteiger partial charge in [-0.25, -0.2) is 9.97 Å². The third-order valence-corrected chi connectivity index (χ3v) is 5.38. The molecule has 0 bridgehead atoms. The second-order valence-corrected chi connectivity index (χ2v) is 7.58. The summed E-state index contributed by atoms with van der Waals surface area (Å²) in [4.78, 5) is 25.4. The van der Waals surface area contributed by atoms with Gasteiger partial charge in [0.1, 0.15) is 17.5 Å². The fourth-order valence-corrected chi connectivity index (χ4v) is 3.69. The average Bonchev–Trinajstić information content (AvgIpc) is 2.85. The molecule has 1 aliphatic rings. The Morgan fingerprint density at radius 3 is 2.41 bits per heavy atom. The predicted molar refractivity (Wildman–Crippen MR) is 114 cm³/mol. The zero-order valence-electron chi connectivity index (χ0n) is 17.7. The first-order valence-electron chi connectivity index (χ1n) is 10.2. The van der Waals surface area contributed by atoms with Crippen LogP contribution in [0.15, 0.2) is 55.2 Å². The number of benzene rings is 1. The van der Waals surface area contributed by atoms with Crippen LogP contribution in [-0.2, 0) is 10.2 Å². The molecule has 4 rings (SSSR count). The number of hydrogen-bond acceptors (Lipinski definition) is 7. The van der Waals surface area contributed by atoms with Crippen LogP contribution in [0.3, 0.4) is 0 Å². The number of nitrogens with zero attached hydrogens (tertiary/aromatic N) is 4. The van der Waals surface area contributed by atoms with Gasteiger partial charge in [-0.15, -0.1) is 13.2 Å². The molecule has 0 radical (unpaired) electrons. The summed E-state index contributed by atoms with van der Waals surface area (Å²) in [6, 6.07) is 8.76. The molecule has 3 aromatic rings. The van der Waals surface area contributed by atoms with E-state index >= 15 is 0 Å². The van der Waals surface area contributed by atoms with Gasteiger partial charge in [-0.05, 0) is 43.2 Å². The quantitative estimate of drug-likeness (QED) is 0.594. The fourth-order valence-electron chi connectivity index (χ4n) is 3.69. The Morgan fingerprint density at radius 1 is 1.12 bits per heavy atom. The van der Waals surface area contributed by atoms with Crippen LogP contribution < -0.4 is 10.1 Å². The van der Waals surface area contributed by atoms with Crippen LogP contribution in [0.4, 0.5) is 18.9 Å². The maximum absolute atomic E-state index is 12.9. The maximum Gasteiger partial charge on any atom is 0.573 e. The summed E-state index contributed by atoms with van der Waals surface area (Å²) in [5.41, 5.74) is 1.23. The summed E-state index contributed by atoms with van der Waals surface area (Å²) in [5, 5.41) is 12.6. The highest BCUT2D eigenvalue weighted by atomic mass is 19.4. The lowest BCUT2D eigenvalue weighted by Crippen LogP contribution is -2.34. The van der Waals surface area contributed by atoms with Gasteiger partial charge in [-0.3, -0.25) is 9.78 Å². The minimum atomic E-state index is -4.80. The standard InChI is InChI=1S/C23H18F3N5O3/c24-23(25,26)34-18-3-1-17(2-4-18)31-21(32)15-9-19(16-10-28-14-29-11-16)20(30-12-15)22(13-27)5-7-33-8-6-22/h1-4,9-12,14H,5-8H2,(H,31,32). The molecular weight excluding hydrogens is 451 g/mol. The summed E-state index contributed by atoms with van der Waals surface area (Å²) in [6.07, 6.45) is 1.98. The molecule has 0 aliphatic carbocycles. The fraction of sp³-hybridized carbons (Fsp3) is 0.261. The smallest absolute Gasteiger partial charge is 0.406 e. The Bertz CT molecular complexity index is 1210. The molecule has 1 fully saturated rings. The van der Waals surface area contributed by atoms with Crippen molar-refractivity contribution in [1.82, 2.24) is 15.0 Å². The Hall–Kier alpha value is -4.04. The van der Waals surface area contributed by atoms with E-state index in [-0.39, 0.29) is 11.3 Å². The topological polar surface area (TPSA) is 110 Å². The van der Waals surface area contributed by atoms with E-state index in [1.54, 1.807) is 18.5 Å². The Morgan fingerprint density at radius 2 is 1.79 bits per heavy atom. The molecule has 34 heavy (non-hydrogen) atoms. The van der Waals surface area contributed by atoms with Gasteiger partial charge in [0.05, 0.1) is 17.3 Å². The third-order valence-electron chi connectivity index (χ3n) is 5.38. The number of anilines is 1. The highest BCUT2D eigenvalue weighted by molar-refractivity contribution is 6.04. The number of carbonyl (C=O) groups excluding carboxylic acids is 1. The molecule has 0 saturated carbocycles. The van der Waals surface area contributed by atoms with Gasteiger partial charge in [-0.2, -0.15) is 5.26 Å². The van der Waals surface area contributed by atoms with Gasteiger partial charge < -0.3 is 14.8 Å². The first-order chi connectivity index (χ1) is 16.3. The summed E-state index contributed by atoms with van der Waals surface area (Å²) in [5.74, 6) is -0.930. The van der Waals surface area contributed by atoms with Gasteiger partial charge in [0.2, 0.25) is 0 Å². The van der Waals surface area contributed by atoms with Crippen molar-refractivity contribution in [2.75, 3.05) is 18.5 Å². The third kappa shape index (κ3) is 5.13. The molecule has 0 atom stereocenters. The lowest BCUT2D eigenvalue weighted by atomic mass is 9.75. The second kappa shape index (κ2) is 9.44. The number of aromatic nitrogens is 3. The van der Waals surface area contributed by atoms with Crippen molar-refractivity contribution in [3.8, 4) is 22.9 Å². The molecule has 1 N–H and O–H groups in total. The number of ether oxygens (including phenoxy) is 2. The number of hydrogen-bond donors (Lipinski definition) is 1. The van der Waals surface area contributed by atoms with Crippen molar-refractivity contribution in [1.29, 1.82) is 5.26 Å². The van der Waals surface area contributed by atoms with Crippen LogP contribution in [0, 0.1) is 11.3 Å². The zero-order chi connectivity index (χ0) is 24.2. The Labute approximate surface area is 192 Å². The number of halogens is 3. The second-order valence-electron chi connectivity index (χ2n) is 7.58. The van der Waals surface area contributed by atoms with Crippen LogP contribution in [-0.4, -0.2) is 40.4 Å². The lowest BCUT2D eigenvalue weighted by Gasteiger charge is -2.31. The van der Waals surface area contributed by atoms with E-state index < -0.39 is 23.4 Å². The van der Waals surface area contributed by atoms with Crippen LogP contribution in [0.5, 0.6) is 5.75 Å². The monoisotopic (exact) mass is 469 g/mol. The number of pyridine rings is 1. The highest BCUT2D eigenvalue weighted by Crippen LogP contribution is 2.38. The van der Waals surface area contributed by atoms with Crippen molar-refractivity contribution in [3.05, 3.63) is 66.5 Å². The molecule has 1 saturated heterocycles. The summed E-state index contributed by atoms with van der Waals surface area (Å²) in [6.45, 7) is 0.826. The normalized spacial score (nSPS) is 15.2. The molecule has 11 heteroatoms. The molecule has 1 amide bonds. The number of nitriles is 1. The number of nitrogens with one attached hydrogen (secondary N) is 1. The van der Waals surface area contributed by atoms with Gasteiger partial charge in [0, 0.05) is 48.6 Å². The molecule has 8 nitrogen and oxygen atoms in total. The molecule has 3 heterocycles. The average molecular weight is 469 g/mol. The summed E-state index contributed by atoms with van der Waals surface area (Å²) < 4.78 is 46.3. The highest BCUT2D eigenvalue weighted by Gasteiger charge is 2.38. The lowest BCUT2D eigenvalue weighted by molar-refractivity contribution is -0.274. The van der Waals surface area contributed by atoms with Gasteiger partial charge in [0.25, 0.3) is 5.91 Å². The molecule has 1 aromatic carbocycles. The van der Waals surface area contributed by atoms with Crippen LogP contribution in [0.25, 0.3) is 11.1 Å². The number of alkyl halides is 3. The van der Waals surface area contributed by atoms with Crippen molar-refractivity contribution in [2.45, 2.75) is 24.6 Å². The van der Waals surface area contributed by atoms with Crippen molar-refractivity contribution < 1.29 is 27.4 Å². The minimum Gasteiger partial charge on any atom is -0.406 e. The number of rotatable bonds is 5. The van der Waals surface area contributed by atoms with Crippen LogP contribution in [0.1, 0.15) is 28.9 Å². The van der Waals surface area contributed by atoms with Crippen molar-refractivity contribution in [2.24, 2.45) is 0 Å². The SMILES string of the molecule is N#CC1(c2ncc(C(=O)Nc3ccc(OC(F)(F)F)cc3)cc2-c2cncnc2)CCOCC1. The van der Waals surface area contributed by atoms with E-state index in [2.05, 4.69) is 31.1 Å². The van der Waals surface area contributed by atoms with Crippen LogP contribution >= 0.6 is 0 Å². The van der Waals surface area contributed by atoms with Gasteiger partial charge in [-0.1, -0.05) is 0 Å². The summed E-state index contributed by atoms with van der Waals surface area (Å²) in [7, 11) is 0. The first kappa shape index (κ1) is 23.1. The Balaban J connectivity index is 1.64. The van der Waals surface area contributed by atoms with E-state index in [9.17, 15) is 23.2 Å². The van der Waals surface area contributed by atoms with Crippen molar-refractivity contribution >= 4 is 11.6 Å². The van der Waals surface area contributed by atoms with Crippen LogP contribution in [0.2, 0.25) is 0 Å². The maximum atomic E-state index is 12.9. The van der Waals surface area contributed by atoms with Gasteiger partial charge >= 0.3 is 6.36 Å².